The van der Waals surface area contributed by atoms with Gasteiger partial charge in [-0.25, -0.2) is 0 Å². The largest absolute Gasteiger partial charge is 0.320 e. The molecule has 108 valence electrons. The summed E-state index contributed by atoms with van der Waals surface area (Å²) in [6.07, 6.45) is 4.59. The maximum atomic E-state index is 12.0. The molecular formula is C15H21N3OS. The van der Waals surface area contributed by atoms with Crippen LogP contribution in [0.3, 0.4) is 0 Å². The van der Waals surface area contributed by atoms with Crippen molar-refractivity contribution in [1.29, 1.82) is 5.26 Å². The van der Waals surface area contributed by atoms with Gasteiger partial charge in [0, 0.05) is 4.88 Å². The zero-order chi connectivity index (χ0) is 14.7. The normalized spacial score (nSPS) is 19.0. The van der Waals surface area contributed by atoms with Crippen molar-refractivity contribution in [2.24, 2.45) is 11.7 Å². The van der Waals surface area contributed by atoms with E-state index in [0.717, 1.165) is 31.2 Å². The van der Waals surface area contributed by atoms with Crippen molar-refractivity contribution >= 4 is 22.2 Å². The van der Waals surface area contributed by atoms with Crippen LogP contribution in [0.1, 0.15) is 49.1 Å². The van der Waals surface area contributed by atoms with Crippen molar-refractivity contribution < 1.29 is 4.79 Å². The molecular weight excluding hydrogens is 270 g/mol. The van der Waals surface area contributed by atoms with Crippen LogP contribution in [0.15, 0.2) is 0 Å². The number of nitrogens with two attached hydrogens (primary N) is 1. The molecule has 0 aliphatic heterocycles. The molecule has 4 nitrogen and oxygen atoms in total. The molecule has 0 bridgehead atoms. The van der Waals surface area contributed by atoms with Crippen LogP contribution >= 0.6 is 11.3 Å². The van der Waals surface area contributed by atoms with Crippen LogP contribution in [0, 0.1) is 17.2 Å². The topological polar surface area (TPSA) is 78.9 Å². The Morgan fingerprint density at radius 1 is 1.65 bits per heavy atom. The summed E-state index contributed by atoms with van der Waals surface area (Å²) in [6.45, 7) is 4.23. The van der Waals surface area contributed by atoms with Gasteiger partial charge in [0.1, 0.15) is 11.1 Å². The molecule has 1 aromatic heterocycles. The molecule has 0 saturated heterocycles. The molecule has 2 atom stereocenters. The van der Waals surface area contributed by atoms with Gasteiger partial charge in [0.2, 0.25) is 5.91 Å². The summed E-state index contributed by atoms with van der Waals surface area (Å²) in [5.74, 6) is 0.466. The number of anilines is 1. The number of hydrogen-bond acceptors (Lipinski definition) is 4. The third-order valence-electron chi connectivity index (χ3n) is 3.80. The molecule has 1 heterocycles. The minimum absolute atomic E-state index is 0.185. The number of hydrogen-bond donors (Lipinski definition) is 2. The van der Waals surface area contributed by atoms with E-state index in [2.05, 4.69) is 18.3 Å². The molecule has 0 spiro atoms. The van der Waals surface area contributed by atoms with Gasteiger partial charge in [0.15, 0.2) is 0 Å². The molecule has 1 aliphatic rings. The van der Waals surface area contributed by atoms with Crippen LogP contribution in [-0.2, 0) is 17.6 Å². The average Bonchev–Trinajstić information content (AvgIpc) is 2.74. The van der Waals surface area contributed by atoms with Gasteiger partial charge >= 0.3 is 0 Å². The SMILES string of the molecule is CCC[C@@H](N)C(=O)Nc1sc2c(c1C#N)CCC(C)C2. The van der Waals surface area contributed by atoms with Gasteiger partial charge in [0.05, 0.1) is 11.6 Å². The lowest BCUT2D eigenvalue weighted by Gasteiger charge is -2.17. The molecule has 1 unspecified atom stereocenters. The number of amides is 1. The molecule has 0 radical (unpaired) electrons. The van der Waals surface area contributed by atoms with Gasteiger partial charge in [0.25, 0.3) is 0 Å². The van der Waals surface area contributed by atoms with Crippen molar-refractivity contribution in [3.8, 4) is 6.07 Å². The van der Waals surface area contributed by atoms with Crippen molar-refractivity contribution in [3.05, 3.63) is 16.0 Å². The highest BCUT2D eigenvalue weighted by molar-refractivity contribution is 7.16. The number of carbonyl (C=O) groups is 1. The summed E-state index contributed by atoms with van der Waals surface area (Å²) in [4.78, 5) is 13.3. The highest BCUT2D eigenvalue weighted by atomic mass is 32.1. The first-order valence-electron chi connectivity index (χ1n) is 7.17. The van der Waals surface area contributed by atoms with Gasteiger partial charge in [-0.05, 0) is 37.2 Å². The zero-order valence-corrected chi connectivity index (χ0v) is 12.8. The van der Waals surface area contributed by atoms with E-state index < -0.39 is 6.04 Å². The fraction of sp³-hybridized carbons (Fsp3) is 0.600. The lowest BCUT2D eigenvalue weighted by Crippen LogP contribution is -2.35. The van der Waals surface area contributed by atoms with E-state index in [0.29, 0.717) is 22.9 Å². The third-order valence-corrected chi connectivity index (χ3v) is 4.97. The fourth-order valence-electron chi connectivity index (χ4n) is 2.60. The predicted octanol–water partition coefficient (Wildman–Crippen LogP) is 2.81. The quantitative estimate of drug-likeness (QED) is 0.895. The van der Waals surface area contributed by atoms with E-state index in [1.165, 1.54) is 4.88 Å². The first kappa shape index (κ1) is 15.0. The van der Waals surface area contributed by atoms with E-state index in [1.54, 1.807) is 11.3 Å². The Labute approximate surface area is 124 Å². The lowest BCUT2D eigenvalue weighted by molar-refractivity contribution is -0.117. The Kier molecular flexibility index (Phi) is 4.79. The molecule has 0 fully saturated rings. The van der Waals surface area contributed by atoms with Crippen LogP contribution < -0.4 is 11.1 Å². The molecule has 1 amide bonds. The van der Waals surface area contributed by atoms with Gasteiger partial charge in [-0.1, -0.05) is 20.3 Å². The molecule has 1 aliphatic carbocycles. The van der Waals surface area contributed by atoms with Crippen LogP contribution in [0.25, 0.3) is 0 Å². The standard InChI is InChI=1S/C15H21N3OS/c1-3-4-12(17)14(19)18-15-11(8-16)10-6-5-9(2)7-13(10)20-15/h9,12H,3-7,17H2,1-2H3,(H,18,19)/t9?,12-/m1/s1. The number of rotatable bonds is 4. The van der Waals surface area contributed by atoms with Crippen LogP contribution in [0.4, 0.5) is 5.00 Å². The zero-order valence-electron chi connectivity index (χ0n) is 12.0. The Morgan fingerprint density at radius 2 is 2.40 bits per heavy atom. The second-order valence-electron chi connectivity index (χ2n) is 5.55. The molecule has 0 aromatic carbocycles. The summed E-state index contributed by atoms with van der Waals surface area (Å²) in [5.41, 5.74) is 7.60. The van der Waals surface area contributed by atoms with Crippen molar-refractivity contribution in [2.75, 3.05) is 5.32 Å². The average molecular weight is 291 g/mol. The van der Waals surface area contributed by atoms with Gasteiger partial charge < -0.3 is 11.1 Å². The van der Waals surface area contributed by atoms with Gasteiger partial charge in [-0.15, -0.1) is 11.3 Å². The highest BCUT2D eigenvalue weighted by Gasteiger charge is 2.25. The Hall–Kier alpha value is -1.38. The number of nitrogens with one attached hydrogen (secondary N) is 1. The van der Waals surface area contributed by atoms with Gasteiger partial charge in [-0.2, -0.15) is 5.26 Å². The minimum atomic E-state index is -0.496. The first-order chi connectivity index (χ1) is 9.56. The molecule has 20 heavy (non-hydrogen) atoms. The second-order valence-corrected chi connectivity index (χ2v) is 6.66. The maximum absolute atomic E-state index is 12.0. The Balaban J connectivity index is 2.21. The monoisotopic (exact) mass is 291 g/mol. The third kappa shape index (κ3) is 3.02. The number of nitriles is 1. The van der Waals surface area contributed by atoms with Crippen LogP contribution in [-0.4, -0.2) is 11.9 Å². The molecule has 5 heteroatoms. The second kappa shape index (κ2) is 6.38. The molecule has 0 saturated carbocycles. The lowest BCUT2D eigenvalue weighted by atomic mass is 9.88. The molecule has 2 rings (SSSR count). The van der Waals surface area contributed by atoms with Crippen LogP contribution in [0.2, 0.25) is 0 Å². The highest BCUT2D eigenvalue weighted by Crippen LogP contribution is 2.39. The number of thiophene rings is 1. The summed E-state index contributed by atoms with van der Waals surface area (Å²) in [6, 6.07) is 1.75. The van der Waals surface area contributed by atoms with Gasteiger partial charge in [-0.3, -0.25) is 4.79 Å². The Bertz CT molecular complexity index is 544. The number of carbonyl (C=O) groups excluding carboxylic acids is 1. The van der Waals surface area contributed by atoms with E-state index in [9.17, 15) is 10.1 Å². The minimum Gasteiger partial charge on any atom is -0.320 e. The van der Waals surface area contributed by atoms with E-state index in [4.69, 9.17) is 5.73 Å². The summed E-state index contributed by atoms with van der Waals surface area (Å²) < 4.78 is 0. The van der Waals surface area contributed by atoms with E-state index >= 15 is 0 Å². The first-order valence-corrected chi connectivity index (χ1v) is 7.99. The van der Waals surface area contributed by atoms with Crippen molar-refractivity contribution in [3.63, 3.8) is 0 Å². The summed E-state index contributed by atoms with van der Waals surface area (Å²) in [7, 11) is 0. The van der Waals surface area contributed by atoms with Crippen molar-refractivity contribution in [1.82, 2.24) is 0 Å². The smallest absolute Gasteiger partial charge is 0.241 e. The van der Waals surface area contributed by atoms with E-state index in [-0.39, 0.29) is 5.91 Å². The number of fused-ring (bicyclic) bond motifs is 1. The molecule has 3 N–H and O–H groups in total. The Morgan fingerprint density at radius 3 is 3.05 bits per heavy atom. The number of nitrogens with zero attached hydrogens (tertiary/aromatic N) is 1. The predicted molar refractivity (Wildman–Crippen MR) is 81.7 cm³/mol. The molecule has 1 aromatic rings. The van der Waals surface area contributed by atoms with E-state index in [1.807, 2.05) is 6.92 Å². The summed E-state index contributed by atoms with van der Waals surface area (Å²) >= 11 is 1.54. The summed E-state index contributed by atoms with van der Waals surface area (Å²) in [5, 5.41) is 12.9. The van der Waals surface area contributed by atoms with Crippen LogP contribution in [0.5, 0.6) is 0 Å². The van der Waals surface area contributed by atoms with Crippen molar-refractivity contribution in [2.45, 2.75) is 52.0 Å². The fourth-order valence-corrected chi connectivity index (χ4v) is 3.97. The maximum Gasteiger partial charge on any atom is 0.241 e.